The molecule has 1 N–H and O–H groups in total. The van der Waals surface area contributed by atoms with Gasteiger partial charge in [0.15, 0.2) is 5.69 Å². The zero-order chi connectivity index (χ0) is 25.1. The number of carbonyl (C=O) groups is 2. The van der Waals surface area contributed by atoms with Crippen molar-refractivity contribution in [2.45, 2.75) is 33.1 Å². The first-order valence-electron chi connectivity index (χ1n) is 12.7. The molecule has 36 heavy (non-hydrogen) atoms. The lowest BCUT2D eigenvalue weighted by molar-refractivity contribution is -0.116. The van der Waals surface area contributed by atoms with E-state index in [1.165, 1.54) is 5.56 Å². The summed E-state index contributed by atoms with van der Waals surface area (Å²) in [5, 5.41) is 7.66. The summed E-state index contributed by atoms with van der Waals surface area (Å²) in [5.74, 6) is -0.418. The third-order valence-electron chi connectivity index (χ3n) is 6.94. The van der Waals surface area contributed by atoms with E-state index in [0.717, 1.165) is 68.2 Å². The molecule has 2 aliphatic rings. The van der Waals surface area contributed by atoms with Crippen LogP contribution in [0.3, 0.4) is 0 Å². The van der Waals surface area contributed by atoms with E-state index in [4.69, 9.17) is 9.84 Å². The number of aryl methyl sites for hydroxylation is 1. The lowest BCUT2D eigenvalue weighted by Gasteiger charge is -2.29. The number of ether oxygens (including phenoxy) is 1. The summed E-state index contributed by atoms with van der Waals surface area (Å²) in [6.07, 6.45) is 2.74. The molecule has 0 unspecified atom stereocenters. The molecule has 2 aromatic carbocycles. The maximum atomic E-state index is 13.5. The van der Waals surface area contributed by atoms with Gasteiger partial charge in [-0.2, -0.15) is 5.10 Å². The first-order valence-corrected chi connectivity index (χ1v) is 12.7. The van der Waals surface area contributed by atoms with Crippen LogP contribution in [-0.2, 0) is 22.4 Å². The fourth-order valence-corrected chi connectivity index (χ4v) is 4.94. The predicted molar refractivity (Wildman–Crippen MR) is 140 cm³/mol. The Hall–Kier alpha value is -3.65. The van der Waals surface area contributed by atoms with E-state index in [9.17, 15) is 9.59 Å². The molecule has 2 amide bonds. The molecule has 8 nitrogen and oxygen atoms in total. The van der Waals surface area contributed by atoms with Gasteiger partial charge in [0.2, 0.25) is 5.91 Å². The van der Waals surface area contributed by atoms with E-state index in [1.807, 2.05) is 48.0 Å². The van der Waals surface area contributed by atoms with E-state index < -0.39 is 0 Å². The highest BCUT2D eigenvalue weighted by atomic mass is 16.5. The molecule has 0 bridgehead atoms. The Morgan fingerprint density at radius 1 is 1.00 bits per heavy atom. The lowest BCUT2D eigenvalue weighted by atomic mass is 10.1. The van der Waals surface area contributed by atoms with E-state index in [1.54, 1.807) is 4.90 Å². The number of hydrogen-bond acceptors (Lipinski definition) is 5. The Balaban J connectivity index is 1.27. The number of nitrogens with one attached hydrogen (secondary N) is 1. The van der Waals surface area contributed by atoms with Crippen molar-refractivity contribution in [1.29, 1.82) is 0 Å². The molecular weight excluding hydrogens is 454 g/mol. The van der Waals surface area contributed by atoms with Gasteiger partial charge in [0, 0.05) is 42.3 Å². The summed E-state index contributed by atoms with van der Waals surface area (Å²) < 4.78 is 7.31. The number of hydrogen-bond donors (Lipinski definition) is 1. The molecular formula is C28H33N5O3. The number of carbonyl (C=O) groups excluding carboxylic acids is 2. The predicted octanol–water partition coefficient (Wildman–Crippen LogP) is 3.61. The maximum absolute atomic E-state index is 13.5. The number of fused-ring (bicyclic) bond motifs is 1. The second kappa shape index (κ2) is 10.5. The minimum Gasteiger partial charge on any atom is -0.378 e. The van der Waals surface area contributed by atoms with Crippen LogP contribution in [-0.4, -0.2) is 65.9 Å². The Morgan fingerprint density at radius 2 is 1.69 bits per heavy atom. The number of aromatic nitrogens is 2. The average molecular weight is 488 g/mol. The molecule has 1 aliphatic carbocycles. The molecule has 1 aliphatic heterocycles. The van der Waals surface area contributed by atoms with Gasteiger partial charge in [-0.3, -0.25) is 9.59 Å². The minimum absolute atomic E-state index is 0.0211. The molecule has 0 spiro atoms. The quantitative estimate of drug-likeness (QED) is 0.551. The van der Waals surface area contributed by atoms with E-state index in [0.29, 0.717) is 17.9 Å². The van der Waals surface area contributed by atoms with Crippen LogP contribution < -0.4 is 10.2 Å². The second-order valence-electron chi connectivity index (χ2n) is 9.39. The van der Waals surface area contributed by atoms with Crippen LogP contribution in [0.4, 0.5) is 11.4 Å². The summed E-state index contributed by atoms with van der Waals surface area (Å²) in [6.45, 7) is 7.53. The molecule has 0 atom stereocenters. The van der Waals surface area contributed by atoms with Crippen molar-refractivity contribution < 1.29 is 14.3 Å². The topological polar surface area (TPSA) is 79.7 Å². The van der Waals surface area contributed by atoms with Crippen LogP contribution in [0.2, 0.25) is 0 Å². The largest absolute Gasteiger partial charge is 0.378 e. The van der Waals surface area contributed by atoms with Crippen molar-refractivity contribution in [2.75, 3.05) is 49.6 Å². The molecule has 8 heteroatoms. The van der Waals surface area contributed by atoms with Crippen molar-refractivity contribution in [3.8, 4) is 5.69 Å². The number of amides is 2. The van der Waals surface area contributed by atoms with Gasteiger partial charge in [-0.1, -0.05) is 17.7 Å². The zero-order valence-electron chi connectivity index (χ0n) is 21.0. The van der Waals surface area contributed by atoms with E-state index in [2.05, 4.69) is 29.3 Å². The number of anilines is 2. The van der Waals surface area contributed by atoms with Gasteiger partial charge < -0.3 is 19.9 Å². The second-order valence-corrected chi connectivity index (χ2v) is 9.39. The standard InChI is InChI=1S/C28H33N5O3/c1-3-31(19-26(34)29-21-9-13-22(14-10-21)32-15-17-36-18-16-32)28(35)27-24-5-4-6-25(24)33(30-27)23-11-7-20(2)8-12-23/h7-14H,3-6,15-19H2,1-2H3,(H,29,34). The minimum atomic E-state index is -0.223. The third kappa shape index (κ3) is 4.99. The Bertz CT molecular complexity index is 1230. The number of likely N-dealkylation sites (N-methyl/N-ethyl adjacent to an activating group) is 1. The van der Waals surface area contributed by atoms with Crippen LogP contribution in [0, 0.1) is 6.92 Å². The number of rotatable bonds is 7. The van der Waals surface area contributed by atoms with Crippen molar-refractivity contribution >= 4 is 23.2 Å². The van der Waals surface area contributed by atoms with Gasteiger partial charge in [-0.25, -0.2) is 4.68 Å². The molecule has 0 saturated carbocycles. The molecule has 1 aromatic heterocycles. The number of benzene rings is 2. The van der Waals surface area contributed by atoms with Gasteiger partial charge in [0.25, 0.3) is 5.91 Å². The monoisotopic (exact) mass is 487 g/mol. The Kier molecular flexibility index (Phi) is 7.04. The van der Waals surface area contributed by atoms with Gasteiger partial charge in [-0.15, -0.1) is 0 Å². The van der Waals surface area contributed by atoms with Crippen molar-refractivity contribution in [2.24, 2.45) is 0 Å². The highest BCUT2D eigenvalue weighted by Crippen LogP contribution is 2.29. The van der Waals surface area contributed by atoms with Crippen molar-refractivity contribution in [3.05, 3.63) is 71.0 Å². The van der Waals surface area contributed by atoms with Crippen LogP contribution >= 0.6 is 0 Å². The van der Waals surface area contributed by atoms with E-state index in [-0.39, 0.29) is 18.4 Å². The molecule has 1 saturated heterocycles. The molecule has 1 fully saturated rings. The Labute approximate surface area is 211 Å². The maximum Gasteiger partial charge on any atom is 0.275 e. The Morgan fingerprint density at radius 3 is 2.39 bits per heavy atom. The highest BCUT2D eigenvalue weighted by Gasteiger charge is 2.30. The third-order valence-corrected chi connectivity index (χ3v) is 6.94. The number of nitrogens with zero attached hydrogens (tertiary/aromatic N) is 4. The van der Waals surface area contributed by atoms with Crippen LogP contribution in [0.15, 0.2) is 48.5 Å². The van der Waals surface area contributed by atoms with Crippen LogP contribution in [0.5, 0.6) is 0 Å². The molecule has 188 valence electrons. The fraction of sp³-hybridized carbons (Fsp3) is 0.393. The first kappa shape index (κ1) is 24.1. The molecule has 2 heterocycles. The molecule has 5 rings (SSSR count). The smallest absolute Gasteiger partial charge is 0.275 e. The average Bonchev–Trinajstić information content (AvgIpc) is 3.52. The summed E-state index contributed by atoms with van der Waals surface area (Å²) in [6, 6.07) is 16.0. The van der Waals surface area contributed by atoms with Crippen LogP contribution in [0.1, 0.15) is 40.7 Å². The van der Waals surface area contributed by atoms with Gasteiger partial charge >= 0.3 is 0 Å². The van der Waals surface area contributed by atoms with Gasteiger partial charge in [0.05, 0.1) is 18.9 Å². The summed E-state index contributed by atoms with van der Waals surface area (Å²) in [4.78, 5) is 30.2. The zero-order valence-corrected chi connectivity index (χ0v) is 21.0. The lowest BCUT2D eigenvalue weighted by Crippen LogP contribution is -2.38. The SMILES string of the molecule is CCN(CC(=O)Nc1ccc(N2CCOCC2)cc1)C(=O)c1nn(-c2ccc(C)cc2)c2c1CCC2. The molecule has 0 radical (unpaired) electrons. The molecule has 3 aromatic rings. The summed E-state index contributed by atoms with van der Waals surface area (Å²) >= 11 is 0. The summed E-state index contributed by atoms with van der Waals surface area (Å²) in [7, 11) is 0. The normalized spacial score (nSPS) is 15.0. The van der Waals surface area contributed by atoms with Gasteiger partial charge in [-0.05, 0) is 69.5 Å². The fourth-order valence-electron chi connectivity index (χ4n) is 4.94. The van der Waals surface area contributed by atoms with Crippen molar-refractivity contribution in [3.63, 3.8) is 0 Å². The highest BCUT2D eigenvalue weighted by molar-refractivity contribution is 5.99. The van der Waals surface area contributed by atoms with Crippen molar-refractivity contribution in [1.82, 2.24) is 14.7 Å². The first-order chi connectivity index (χ1) is 17.5. The summed E-state index contributed by atoms with van der Waals surface area (Å²) in [5.41, 5.74) is 6.54. The van der Waals surface area contributed by atoms with Gasteiger partial charge in [0.1, 0.15) is 6.54 Å². The van der Waals surface area contributed by atoms with Crippen LogP contribution in [0.25, 0.3) is 5.69 Å². The van der Waals surface area contributed by atoms with E-state index >= 15 is 0 Å². The number of morpholine rings is 1.